The first-order valence-electron chi connectivity index (χ1n) is 13.2. The second-order valence-corrected chi connectivity index (χ2v) is 11.8. The number of aliphatic hydroxyl groups is 1. The van der Waals surface area contributed by atoms with Crippen LogP contribution in [0.15, 0.2) is 30.6 Å². The lowest BCUT2D eigenvalue weighted by Crippen LogP contribution is -2.48. The lowest BCUT2D eigenvalue weighted by molar-refractivity contribution is 0.0125. The summed E-state index contributed by atoms with van der Waals surface area (Å²) in [5.74, 6) is 0.660. The van der Waals surface area contributed by atoms with E-state index >= 15 is 0 Å². The predicted octanol–water partition coefficient (Wildman–Crippen LogP) is 4.17. The van der Waals surface area contributed by atoms with Crippen molar-refractivity contribution in [3.8, 4) is 0 Å². The largest absolute Gasteiger partial charge is 0.387 e. The Bertz CT molecular complexity index is 1240. The third-order valence-electron chi connectivity index (χ3n) is 7.02. The van der Waals surface area contributed by atoms with E-state index in [9.17, 15) is 9.90 Å². The van der Waals surface area contributed by atoms with Gasteiger partial charge in [-0.3, -0.25) is 4.90 Å². The van der Waals surface area contributed by atoms with Crippen LogP contribution in [0.5, 0.6) is 0 Å². The Morgan fingerprint density at radius 2 is 2.00 bits per heavy atom. The summed E-state index contributed by atoms with van der Waals surface area (Å²) in [7, 11) is 0. The van der Waals surface area contributed by atoms with Gasteiger partial charge in [0.15, 0.2) is 11.5 Å². The number of urea groups is 1. The number of H-pyrrole nitrogens is 1. The number of carbonyl (C=O) groups excluding carboxylic acids is 1. The van der Waals surface area contributed by atoms with Gasteiger partial charge < -0.3 is 25.6 Å². The van der Waals surface area contributed by atoms with Crippen molar-refractivity contribution in [1.82, 2.24) is 30.2 Å². The quantitative estimate of drug-likeness (QED) is 0.236. The number of β-amino-alcohol motifs (C(OH)–C–C–N with tert-alkyl or cyclic N) is 1. The fraction of sp³-hybridized carbons (Fsp3) is 0.556. The molecule has 3 heterocycles. The number of hydrogen-bond donors (Lipinski definition) is 4. The minimum atomic E-state index is -0.891. The number of fused-ring (bicyclic) bond motifs is 1. The summed E-state index contributed by atoms with van der Waals surface area (Å²) in [6.45, 7) is 13.6. The average molecular weight is 543 g/mol. The first-order valence-corrected chi connectivity index (χ1v) is 13.5. The van der Waals surface area contributed by atoms with Gasteiger partial charge in [-0.05, 0) is 61.4 Å². The molecular formula is C27H39ClN8O2. The van der Waals surface area contributed by atoms with Crippen molar-refractivity contribution in [2.24, 2.45) is 0 Å². The number of nitrogens with zero attached hydrogens (tertiary/aromatic N) is 5. The van der Waals surface area contributed by atoms with Crippen LogP contribution in [0.2, 0.25) is 5.28 Å². The monoisotopic (exact) mass is 542 g/mol. The van der Waals surface area contributed by atoms with Crippen LogP contribution in [-0.2, 0) is 5.41 Å². The Kier molecular flexibility index (Phi) is 8.44. The van der Waals surface area contributed by atoms with Gasteiger partial charge in [-0.15, -0.1) is 0 Å². The molecule has 3 aromatic rings. The highest BCUT2D eigenvalue weighted by atomic mass is 35.5. The number of amides is 2. The molecule has 10 nitrogen and oxygen atoms in total. The number of aromatic nitrogens is 4. The molecule has 1 saturated heterocycles. The Morgan fingerprint density at radius 3 is 2.68 bits per heavy atom. The van der Waals surface area contributed by atoms with Gasteiger partial charge in [0.05, 0.1) is 11.9 Å². The summed E-state index contributed by atoms with van der Waals surface area (Å²) >= 11 is 6.11. The number of hydrogen-bond acceptors (Lipinski definition) is 7. The van der Waals surface area contributed by atoms with E-state index in [1.807, 2.05) is 29.2 Å². The Morgan fingerprint density at radius 1 is 1.26 bits per heavy atom. The molecule has 1 unspecified atom stereocenters. The van der Waals surface area contributed by atoms with E-state index in [2.05, 4.69) is 70.1 Å². The SMILES string of the molecule is CC(C)N(CCCNC(=O)Nc1ccc(C(C)(C)C)cc1)CC1(O)CCN(c2nc(Cl)nc3nc[nH]c23)C1. The maximum absolute atomic E-state index is 12.4. The van der Waals surface area contributed by atoms with Crippen molar-refractivity contribution in [1.29, 1.82) is 0 Å². The summed E-state index contributed by atoms with van der Waals surface area (Å²) in [5, 5.41) is 17.4. The van der Waals surface area contributed by atoms with Crippen LogP contribution >= 0.6 is 11.6 Å². The maximum Gasteiger partial charge on any atom is 0.319 e. The number of benzene rings is 1. The summed E-state index contributed by atoms with van der Waals surface area (Å²) in [5.41, 5.74) is 2.40. The van der Waals surface area contributed by atoms with E-state index in [1.54, 1.807) is 6.33 Å². The Balaban J connectivity index is 1.26. The zero-order valence-corrected chi connectivity index (χ0v) is 23.6. The summed E-state index contributed by atoms with van der Waals surface area (Å²) in [6, 6.07) is 7.97. The average Bonchev–Trinajstić information content (AvgIpc) is 3.47. The number of anilines is 2. The van der Waals surface area contributed by atoms with E-state index in [0.717, 1.165) is 18.7 Å². The molecule has 2 aromatic heterocycles. The Hall–Kier alpha value is -2.95. The zero-order chi connectivity index (χ0) is 27.5. The predicted molar refractivity (Wildman–Crippen MR) is 152 cm³/mol. The van der Waals surface area contributed by atoms with Crippen LogP contribution in [-0.4, -0.2) is 80.3 Å². The van der Waals surface area contributed by atoms with Crippen molar-refractivity contribution >= 4 is 40.3 Å². The molecule has 206 valence electrons. The highest BCUT2D eigenvalue weighted by molar-refractivity contribution is 6.28. The molecule has 4 rings (SSSR count). The first-order chi connectivity index (χ1) is 17.9. The van der Waals surface area contributed by atoms with Gasteiger partial charge in [-0.25, -0.2) is 9.78 Å². The lowest BCUT2D eigenvalue weighted by Gasteiger charge is -2.34. The van der Waals surface area contributed by atoms with Gasteiger partial charge in [0, 0.05) is 44.5 Å². The smallest absolute Gasteiger partial charge is 0.319 e. The summed E-state index contributed by atoms with van der Waals surface area (Å²) in [4.78, 5) is 32.5. The van der Waals surface area contributed by atoms with Gasteiger partial charge in [0.25, 0.3) is 0 Å². The highest BCUT2D eigenvalue weighted by Gasteiger charge is 2.39. The second kappa shape index (κ2) is 11.4. The highest BCUT2D eigenvalue weighted by Crippen LogP contribution is 2.31. The molecule has 2 amide bonds. The van der Waals surface area contributed by atoms with Crippen LogP contribution in [0.1, 0.15) is 53.0 Å². The van der Waals surface area contributed by atoms with Crippen molar-refractivity contribution in [2.45, 2.75) is 64.5 Å². The fourth-order valence-corrected chi connectivity index (χ4v) is 4.96. The molecule has 1 aromatic carbocycles. The van der Waals surface area contributed by atoms with E-state index in [0.29, 0.717) is 49.6 Å². The molecule has 0 radical (unpaired) electrons. The van der Waals surface area contributed by atoms with E-state index in [4.69, 9.17) is 11.6 Å². The molecular weight excluding hydrogens is 504 g/mol. The molecule has 0 bridgehead atoms. The minimum Gasteiger partial charge on any atom is -0.387 e. The molecule has 38 heavy (non-hydrogen) atoms. The van der Waals surface area contributed by atoms with Crippen LogP contribution in [0.25, 0.3) is 11.2 Å². The molecule has 11 heteroatoms. The third-order valence-corrected chi connectivity index (χ3v) is 7.18. The number of nitrogens with one attached hydrogen (secondary N) is 3. The second-order valence-electron chi connectivity index (χ2n) is 11.4. The molecule has 0 saturated carbocycles. The van der Waals surface area contributed by atoms with Crippen molar-refractivity contribution in [3.63, 3.8) is 0 Å². The number of aromatic amines is 1. The first kappa shape index (κ1) is 28.1. The molecule has 1 atom stereocenters. The van der Waals surface area contributed by atoms with Crippen LogP contribution in [0.4, 0.5) is 16.3 Å². The zero-order valence-electron chi connectivity index (χ0n) is 22.9. The maximum atomic E-state index is 12.4. The van der Waals surface area contributed by atoms with Gasteiger partial charge in [0.1, 0.15) is 5.52 Å². The van der Waals surface area contributed by atoms with Crippen LogP contribution in [0, 0.1) is 0 Å². The van der Waals surface area contributed by atoms with Gasteiger partial charge >= 0.3 is 6.03 Å². The molecule has 1 aliphatic heterocycles. The van der Waals surface area contributed by atoms with E-state index in [-0.39, 0.29) is 22.8 Å². The van der Waals surface area contributed by atoms with Gasteiger partial charge in [-0.1, -0.05) is 32.9 Å². The number of carbonyl (C=O) groups is 1. The molecule has 1 aliphatic rings. The standard InChI is InChI=1S/C27H39ClN8O2/c1-18(2)35(13-6-12-29-25(37)32-20-9-7-19(8-10-20)26(3,4)5)15-27(38)11-14-36(16-27)23-21-22(31-17-30-21)33-24(28)34-23/h7-10,17-18,38H,6,11-16H2,1-5H3,(H2,29,32,37)(H,30,31,33,34). The Labute approximate surface area is 229 Å². The topological polar surface area (TPSA) is 122 Å². The van der Waals surface area contributed by atoms with Crippen molar-refractivity contribution < 1.29 is 9.90 Å². The van der Waals surface area contributed by atoms with Gasteiger partial charge in [-0.2, -0.15) is 9.97 Å². The van der Waals surface area contributed by atoms with Crippen LogP contribution in [0.3, 0.4) is 0 Å². The van der Waals surface area contributed by atoms with E-state index in [1.165, 1.54) is 5.56 Å². The minimum absolute atomic E-state index is 0.0722. The fourth-order valence-electron chi connectivity index (χ4n) is 4.80. The van der Waals surface area contributed by atoms with Crippen molar-refractivity contribution in [3.05, 3.63) is 41.4 Å². The molecule has 0 spiro atoms. The summed E-state index contributed by atoms with van der Waals surface area (Å²) in [6.07, 6.45) is 2.95. The molecule has 1 fully saturated rings. The lowest BCUT2D eigenvalue weighted by atomic mass is 9.87. The van der Waals surface area contributed by atoms with E-state index < -0.39 is 5.60 Å². The number of imidazole rings is 1. The van der Waals surface area contributed by atoms with Crippen molar-refractivity contribution in [2.75, 3.05) is 42.9 Å². The number of rotatable bonds is 9. The van der Waals surface area contributed by atoms with Gasteiger partial charge in [0.2, 0.25) is 5.28 Å². The molecule has 4 N–H and O–H groups in total. The molecule has 0 aliphatic carbocycles. The third kappa shape index (κ3) is 6.92. The van der Waals surface area contributed by atoms with Crippen LogP contribution < -0.4 is 15.5 Å². The normalized spacial score (nSPS) is 18.1. The summed E-state index contributed by atoms with van der Waals surface area (Å²) < 4.78 is 0. The number of halogens is 1.